The normalized spacial score (nSPS) is 15.9. The topological polar surface area (TPSA) is 98.2 Å². The fraction of sp³-hybridized carbons (Fsp3) is 0.350. The van der Waals surface area contributed by atoms with E-state index in [0.717, 1.165) is 24.4 Å². The van der Waals surface area contributed by atoms with Crippen molar-refractivity contribution in [3.05, 3.63) is 58.9 Å². The van der Waals surface area contributed by atoms with Crippen LogP contribution in [0.4, 0.5) is 17.6 Å². The molecule has 1 aromatic carbocycles. The monoisotopic (exact) mass is 473 g/mol. The molecule has 7 nitrogen and oxygen atoms in total. The van der Waals surface area contributed by atoms with E-state index in [9.17, 15) is 30.8 Å². The minimum Gasteiger partial charge on any atom is -0.437 e. The lowest BCUT2D eigenvalue weighted by atomic mass is 10.2. The number of nitrogens with one attached hydrogen (secondary N) is 1. The maximum Gasteiger partial charge on any atom is 0.292 e. The maximum atomic E-state index is 13.9. The van der Waals surface area contributed by atoms with Crippen LogP contribution >= 0.6 is 0 Å². The van der Waals surface area contributed by atoms with Crippen molar-refractivity contribution in [2.75, 3.05) is 6.26 Å². The number of hydrogen-bond acceptors (Lipinski definition) is 6. The van der Waals surface area contributed by atoms with Gasteiger partial charge >= 0.3 is 0 Å². The lowest BCUT2D eigenvalue weighted by molar-refractivity contribution is 0.00991. The summed E-state index contributed by atoms with van der Waals surface area (Å²) in [5.74, 6) is -5.78. The van der Waals surface area contributed by atoms with Gasteiger partial charge in [0.2, 0.25) is 20.9 Å². The third kappa shape index (κ3) is 6.02. The molecule has 1 aliphatic carbocycles. The number of sulfone groups is 1. The van der Waals surface area contributed by atoms with Crippen molar-refractivity contribution in [2.45, 2.75) is 31.7 Å². The minimum atomic E-state index is -4.09. The molecule has 1 aromatic heterocycles. The molecule has 32 heavy (non-hydrogen) atoms. The van der Waals surface area contributed by atoms with Gasteiger partial charge < -0.3 is 10.1 Å². The van der Waals surface area contributed by atoms with E-state index in [1.807, 2.05) is 0 Å². The van der Waals surface area contributed by atoms with Gasteiger partial charge in [0.15, 0.2) is 11.4 Å². The lowest BCUT2D eigenvalue weighted by Crippen LogP contribution is -2.36. The molecule has 3 rings (SSSR count). The molecule has 1 heterocycles. The summed E-state index contributed by atoms with van der Waals surface area (Å²) < 4.78 is 82.9. The number of amides is 1. The Bertz CT molecular complexity index is 1140. The van der Waals surface area contributed by atoms with Crippen molar-refractivity contribution in [3.8, 4) is 11.6 Å². The summed E-state index contributed by atoms with van der Waals surface area (Å²) in [6.45, 7) is 0.566. The van der Waals surface area contributed by atoms with Crippen molar-refractivity contribution >= 4 is 15.7 Å². The Morgan fingerprint density at radius 2 is 1.91 bits per heavy atom. The molecule has 172 valence electrons. The summed E-state index contributed by atoms with van der Waals surface area (Å²) in [5.41, 5.74) is -1.26. The van der Waals surface area contributed by atoms with Gasteiger partial charge in [0.25, 0.3) is 11.8 Å². The number of alkyl halides is 2. The molecule has 12 heteroatoms. The Balaban J connectivity index is 1.89. The van der Waals surface area contributed by atoms with Crippen LogP contribution in [0, 0.1) is 11.7 Å². The standard InChI is InChI=1S/C20H19F4N3O4S/c1-20(23,24)17-19(31-13-7-5-12(21)6-8-13)27-15(10-25-17)18(28)26-14(11-3-4-11)9-16(22)32(2,29)30/h5-11,14H,3-4H2,1-2H3,(H,26,28)/b16-9+/t14-/m1/s1. The first-order valence-electron chi connectivity index (χ1n) is 9.41. The Morgan fingerprint density at radius 3 is 2.44 bits per heavy atom. The van der Waals surface area contributed by atoms with Gasteiger partial charge in [-0.15, -0.1) is 0 Å². The number of rotatable bonds is 8. The fourth-order valence-corrected chi connectivity index (χ4v) is 3.10. The van der Waals surface area contributed by atoms with E-state index in [4.69, 9.17) is 4.74 Å². The quantitative estimate of drug-likeness (QED) is 0.585. The van der Waals surface area contributed by atoms with Crippen LogP contribution in [0.15, 0.2) is 41.7 Å². The molecular formula is C20H19F4N3O4S. The maximum absolute atomic E-state index is 13.9. The highest BCUT2D eigenvalue weighted by Crippen LogP contribution is 2.35. The summed E-state index contributed by atoms with van der Waals surface area (Å²) in [6.07, 6.45) is 3.58. The summed E-state index contributed by atoms with van der Waals surface area (Å²) in [5, 5.41) is 1.05. The van der Waals surface area contributed by atoms with E-state index in [-0.39, 0.29) is 11.7 Å². The van der Waals surface area contributed by atoms with Crippen LogP contribution in [0.2, 0.25) is 0 Å². The summed E-state index contributed by atoms with van der Waals surface area (Å²) in [4.78, 5) is 20.0. The van der Waals surface area contributed by atoms with E-state index in [0.29, 0.717) is 26.0 Å². The fourth-order valence-electron chi connectivity index (χ4n) is 2.71. The molecule has 0 aliphatic heterocycles. The molecule has 1 atom stereocenters. The summed E-state index contributed by atoms with van der Waals surface area (Å²) >= 11 is 0. The first kappa shape index (κ1) is 23.6. The van der Waals surface area contributed by atoms with Crippen molar-refractivity contribution in [2.24, 2.45) is 5.92 Å². The number of nitrogens with zero attached hydrogens (tertiary/aromatic N) is 2. The molecule has 0 radical (unpaired) electrons. The highest BCUT2D eigenvalue weighted by molar-refractivity contribution is 7.94. The minimum absolute atomic E-state index is 0.0160. The van der Waals surface area contributed by atoms with Gasteiger partial charge in [0.1, 0.15) is 11.6 Å². The van der Waals surface area contributed by atoms with Gasteiger partial charge in [-0.3, -0.25) is 4.79 Å². The van der Waals surface area contributed by atoms with Crippen molar-refractivity contribution in [1.29, 1.82) is 0 Å². The highest BCUT2D eigenvalue weighted by atomic mass is 32.2. The second-order valence-corrected chi connectivity index (χ2v) is 9.37. The van der Waals surface area contributed by atoms with Gasteiger partial charge in [-0.2, -0.15) is 13.2 Å². The van der Waals surface area contributed by atoms with Crippen LogP contribution in [0.25, 0.3) is 0 Å². The number of carbonyl (C=O) groups excluding carboxylic acids is 1. The second-order valence-electron chi connectivity index (χ2n) is 7.43. The van der Waals surface area contributed by atoms with Gasteiger partial charge in [-0.1, -0.05) is 0 Å². The molecule has 0 spiro atoms. The first-order valence-corrected chi connectivity index (χ1v) is 11.3. The van der Waals surface area contributed by atoms with Crippen LogP contribution in [0.5, 0.6) is 11.6 Å². The second kappa shape index (κ2) is 8.85. The average molecular weight is 473 g/mol. The summed E-state index contributed by atoms with van der Waals surface area (Å²) in [6, 6.07) is 3.53. The number of ether oxygens (including phenoxy) is 1. The zero-order chi connectivity index (χ0) is 23.7. The highest BCUT2D eigenvalue weighted by Gasteiger charge is 2.35. The van der Waals surface area contributed by atoms with Crippen LogP contribution in [0.3, 0.4) is 0 Å². The van der Waals surface area contributed by atoms with Gasteiger partial charge in [-0.05, 0) is 49.1 Å². The van der Waals surface area contributed by atoms with E-state index in [1.54, 1.807) is 0 Å². The average Bonchev–Trinajstić information content (AvgIpc) is 3.52. The third-order valence-electron chi connectivity index (χ3n) is 4.51. The largest absolute Gasteiger partial charge is 0.437 e. The Hall–Kier alpha value is -3.02. The molecule has 2 aromatic rings. The number of aromatic nitrogens is 2. The van der Waals surface area contributed by atoms with Crippen LogP contribution < -0.4 is 10.1 Å². The molecule has 1 fully saturated rings. The van der Waals surface area contributed by atoms with Gasteiger partial charge in [0.05, 0.1) is 12.2 Å². The number of carbonyl (C=O) groups is 1. The smallest absolute Gasteiger partial charge is 0.292 e. The molecule has 1 aliphatic rings. The SMILES string of the molecule is CC(F)(F)c1ncc(C(=O)N[C@H](/C=C(\F)S(C)(=O)=O)C2CC2)nc1Oc1ccc(F)cc1. The zero-order valence-corrected chi connectivity index (χ0v) is 17.8. The first-order chi connectivity index (χ1) is 14.8. The van der Waals surface area contributed by atoms with E-state index >= 15 is 0 Å². The van der Waals surface area contributed by atoms with Crippen LogP contribution in [0.1, 0.15) is 35.9 Å². The molecule has 1 N–H and O–H groups in total. The Morgan fingerprint density at radius 1 is 1.28 bits per heavy atom. The Labute approximate surface area is 181 Å². The zero-order valence-electron chi connectivity index (χ0n) is 17.0. The number of benzene rings is 1. The van der Waals surface area contributed by atoms with E-state index < -0.39 is 56.0 Å². The molecule has 0 saturated heterocycles. The van der Waals surface area contributed by atoms with Crippen molar-refractivity contribution in [1.82, 2.24) is 15.3 Å². The molecule has 1 saturated carbocycles. The molecule has 1 amide bonds. The van der Waals surface area contributed by atoms with E-state index in [1.165, 1.54) is 12.1 Å². The van der Waals surface area contributed by atoms with E-state index in [2.05, 4.69) is 15.3 Å². The predicted octanol–water partition coefficient (Wildman–Crippen LogP) is 3.88. The molecule has 0 bridgehead atoms. The van der Waals surface area contributed by atoms with Crippen molar-refractivity contribution in [3.63, 3.8) is 0 Å². The predicted molar refractivity (Wildman–Crippen MR) is 106 cm³/mol. The third-order valence-corrected chi connectivity index (χ3v) is 5.35. The van der Waals surface area contributed by atoms with Crippen LogP contribution in [-0.2, 0) is 15.8 Å². The van der Waals surface area contributed by atoms with Crippen molar-refractivity contribution < 1.29 is 35.5 Å². The van der Waals surface area contributed by atoms with Gasteiger partial charge in [-0.25, -0.2) is 22.8 Å². The van der Waals surface area contributed by atoms with Crippen LogP contribution in [-0.4, -0.2) is 36.6 Å². The van der Waals surface area contributed by atoms with Gasteiger partial charge in [0, 0.05) is 13.2 Å². The molecular weight excluding hydrogens is 454 g/mol. The molecule has 0 unspecified atom stereocenters. The number of halogens is 4. The summed E-state index contributed by atoms with van der Waals surface area (Å²) in [7, 11) is -4.09. The number of hydrogen-bond donors (Lipinski definition) is 1. The lowest BCUT2D eigenvalue weighted by Gasteiger charge is -2.17. The Kier molecular flexibility index (Phi) is 6.54.